The van der Waals surface area contributed by atoms with Gasteiger partial charge < -0.3 is 9.47 Å². The Morgan fingerprint density at radius 1 is 0.463 bits per heavy atom. The van der Waals surface area contributed by atoms with Crippen LogP contribution in [0.1, 0.15) is 142 Å². The van der Waals surface area contributed by atoms with E-state index in [1.807, 2.05) is 0 Å². The third-order valence-electron chi connectivity index (χ3n) is 8.52. The van der Waals surface area contributed by atoms with Gasteiger partial charge in [0.15, 0.2) is 11.8 Å². The minimum Gasteiger partial charge on any atom is -0.478 e. The topological polar surface area (TPSA) is 43.2 Å². The molecule has 0 N–H and O–H groups in total. The zero-order valence-corrected chi connectivity index (χ0v) is 28.2. The Labute approximate surface area is 250 Å². The van der Waals surface area contributed by atoms with Crippen LogP contribution in [0.5, 0.6) is 0 Å². The maximum Gasteiger partial charge on any atom is 0.199 e. The Bertz CT molecular complexity index is 1180. The van der Waals surface area contributed by atoms with Gasteiger partial charge in [-0.1, -0.05) is 119 Å². The molecule has 2 aromatic rings. The van der Waals surface area contributed by atoms with Gasteiger partial charge >= 0.3 is 0 Å². The lowest BCUT2D eigenvalue weighted by Gasteiger charge is -2.26. The van der Waals surface area contributed by atoms with Gasteiger partial charge in [0.25, 0.3) is 0 Å². The van der Waals surface area contributed by atoms with Gasteiger partial charge in [0.1, 0.15) is 30.7 Å². The summed E-state index contributed by atoms with van der Waals surface area (Å²) >= 11 is 0. The van der Waals surface area contributed by atoms with Crippen LogP contribution in [0.3, 0.4) is 0 Å². The average Bonchev–Trinajstić information content (AvgIpc) is 3.52. The van der Waals surface area contributed by atoms with Crippen LogP contribution in [-0.2, 0) is 31.1 Å². The molecule has 0 amide bonds. The quantitative estimate of drug-likeness (QED) is 0.375. The Balaban J connectivity index is 1.66. The number of ether oxygens (including phenoxy) is 2. The molecule has 4 rings (SSSR count). The monoisotopic (exact) mass is 558 g/mol. The van der Waals surface area contributed by atoms with Gasteiger partial charge in [0.2, 0.25) is 0 Å². The van der Waals surface area contributed by atoms with E-state index in [1.165, 1.54) is 33.4 Å². The van der Waals surface area contributed by atoms with Crippen molar-refractivity contribution in [2.24, 2.45) is 15.4 Å². The molecule has 0 aliphatic carbocycles. The lowest BCUT2D eigenvalue weighted by atomic mass is 9.79. The van der Waals surface area contributed by atoms with Gasteiger partial charge in [0.05, 0.1) is 0 Å². The van der Waals surface area contributed by atoms with E-state index >= 15 is 0 Å². The summed E-state index contributed by atoms with van der Waals surface area (Å²) in [5.74, 6) is 1.42. The minimum atomic E-state index is -0.549. The first-order chi connectivity index (χ1) is 18.6. The fourth-order valence-corrected chi connectivity index (χ4v) is 5.28. The molecule has 0 aromatic heterocycles. The molecule has 2 aliphatic rings. The molecule has 0 saturated carbocycles. The molecule has 41 heavy (non-hydrogen) atoms. The summed E-state index contributed by atoms with van der Waals surface area (Å²) in [5, 5.41) is 0. The fourth-order valence-electron chi connectivity index (χ4n) is 5.28. The molecule has 0 bridgehead atoms. The van der Waals surface area contributed by atoms with Gasteiger partial charge in [0, 0.05) is 0 Å². The van der Waals surface area contributed by atoms with Crippen LogP contribution in [0.2, 0.25) is 0 Å². The Morgan fingerprint density at radius 3 is 0.976 bits per heavy atom. The van der Waals surface area contributed by atoms with E-state index < -0.39 is 5.41 Å². The number of aliphatic imine (C=N–C) groups is 2. The SMILES string of the molecule is CC(C)(C1=NC(c2cc(C(C)(C)C)cc(C(C)(C)C)c2)CO1)C1=NC(c2cc(C(C)(C)C)cc(C(C)(C)C)c2)CO1. The van der Waals surface area contributed by atoms with Gasteiger partial charge in [-0.3, -0.25) is 0 Å². The van der Waals surface area contributed by atoms with Crippen molar-refractivity contribution in [3.05, 3.63) is 69.8 Å². The third kappa shape index (κ3) is 6.73. The summed E-state index contributed by atoms with van der Waals surface area (Å²) in [6, 6.07) is 13.9. The highest BCUT2D eigenvalue weighted by Crippen LogP contribution is 2.39. The summed E-state index contributed by atoms with van der Waals surface area (Å²) in [5.41, 5.74) is 7.44. The molecule has 2 aromatic carbocycles. The molecule has 0 saturated heterocycles. The number of benzene rings is 2. The standard InChI is InChI=1S/C37H54N2O2/c1-33(2,3)25-15-23(16-26(19-25)34(4,5)6)29-21-40-31(38-29)37(13,14)32-39-30(22-41-32)24-17-27(35(7,8)9)20-28(18-24)36(10,11)12/h15-20,29-30H,21-22H2,1-14H3. The highest BCUT2D eigenvalue weighted by Gasteiger charge is 2.42. The van der Waals surface area contributed by atoms with Gasteiger partial charge in [-0.2, -0.15) is 0 Å². The molecule has 2 aliphatic heterocycles. The molecule has 2 unspecified atom stereocenters. The van der Waals surface area contributed by atoms with Crippen LogP contribution >= 0.6 is 0 Å². The van der Waals surface area contributed by atoms with Crippen LogP contribution in [0.15, 0.2) is 46.4 Å². The van der Waals surface area contributed by atoms with E-state index in [1.54, 1.807) is 0 Å². The third-order valence-corrected chi connectivity index (χ3v) is 8.52. The lowest BCUT2D eigenvalue weighted by Crippen LogP contribution is -2.34. The van der Waals surface area contributed by atoms with E-state index in [9.17, 15) is 0 Å². The van der Waals surface area contributed by atoms with Crippen molar-refractivity contribution in [1.82, 2.24) is 0 Å². The smallest absolute Gasteiger partial charge is 0.199 e. The number of nitrogens with zero attached hydrogens (tertiary/aromatic N) is 2. The van der Waals surface area contributed by atoms with E-state index in [0.717, 1.165) is 0 Å². The summed E-state index contributed by atoms with van der Waals surface area (Å²) in [7, 11) is 0. The molecule has 4 nitrogen and oxygen atoms in total. The van der Waals surface area contributed by atoms with Crippen molar-refractivity contribution in [2.75, 3.05) is 13.2 Å². The first kappa shape index (κ1) is 31.3. The second-order valence-electron chi connectivity index (χ2n) is 16.8. The minimum absolute atomic E-state index is 0.0386. The van der Waals surface area contributed by atoms with Crippen LogP contribution in [0, 0.1) is 5.41 Å². The Morgan fingerprint density at radius 2 is 0.732 bits per heavy atom. The second-order valence-corrected chi connectivity index (χ2v) is 16.8. The zero-order chi connectivity index (χ0) is 30.8. The number of rotatable bonds is 4. The molecule has 2 heterocycles. The predicted octanol–water partition coefficient (Wildman–Crippen LogP) is 9.54. The maximum absolute atomic E-state index is 6.31. The Hall–Kier alpha value is -2.62. The van der Waals surface area contributed by atoms with Gasteiger partial charge in [-0.15, -0.1) is 0 Å². The molecular weight excluding hydrogens is 504 g/mol. The Kier molecular flexibility index (Phi) is 7.85. The molecule has 0 radical (unpaired) electrons. The highest BCUT2D eigenvalue weighted by molar-refractivity contribution is 6.05. The molecule has 224 valence electrons. The first-order valence-electron chi connectivity index (χ1n) is 15.3. The van der Waals surface area contributed by atoms with Crippen LogP contribution in [0.4, 0.5) is 0 Å². The molecule has 0 spiro atoms. The molecule has 2 atom stereocenters. The largest absolute Gasteiger partial charge is 0.478 e. The van der Waals surface area contributed by atoms with Gasteiger partial charge in [-0.25, -0.2) is 9.98 Å². The van der Waals surface area contributed by atoms with Crippen molar-refractivity contribution in [3.63, 3.8) is 0 Å². The average molecular weight is 559 g/mol. The molecule has 0 fully saturated rings. The van der Waals surface area contributed by atoms with Crippen molar-refractivity contribution in [2.45, 2.75) is 131 Å². The maximum atomic E-state index is 6.31. The van der Waals surface area contributed by atoms with E-state index in [4.69, 9.17) is 19.5 Å². The summed E-state index contributed by atoms with van der Waals surface area (Å²) in [6.45, 7) is 32.6. The van der Waals surface area contributed by atoms with Crippen molar-refractivity contribution >= 4 is 11.8 Å². The van der Waals surface area contributed by atoms with Gasteiger partial charge in [-0.05, 0) is 68.9 Å². The van der Waals surface area contributed by atoms with Crippen molar-refractivity contribution < 1.29 is 9.47 Å². The van der Waals surface area contributed by atoms with Crippen molar-refractivity contribution in [3.8, 4) is 0 Å². The van der Waals surface area contributed by atoms with Crippen LogP contribution < -0.4 is 0 Å². The molecular formula is C37H54N2O2. The normalized spacial score (nSPS) is 20.4. The highest BCUT2D eigenvalue weighted by atomic mass is 16.5. The predicted molar refractivity (Wildman–Crippen MR) is 174 cm³/mol. The van der Waals surface area contributed by atoms with Crippen LogP contribution in [-0.4, -0.2) is 25.0 Å². The lowest BCUT2D eigenvalue weighted by molar-refractivity contribution is 0.264. The second kappa shape index (κ2) is 10.3. The molecule has 4 heteroatoms. The summed E-state index contributed by atoms with van der Waals surface area (Å²) in [6.07, 6.45) is 0. The first-order valence-corrected chi connectivity index (χ1v) is 15.3. The van der Waals surface area contributed by atoms with E-state index in [-0.39, 0.29) is 33.7 Å². The summed E-state index contributed by atoms with van der Waals surface area (Å²) < 4.78 is 12.6. The van der Waals surface area contributed by atoms with Crippen LogP contribution in [0.25, 0.3) is 0 Å². The zero-order valence-electron chi connectivity index (χ0n) is 28.2. The van der Waals surface area contributed by atoms with E-state index in [2.05, 4.69) is 133 Å². The number of hydrogen-bond donors (Lipinski definition) is 0. The fraction of sp³-hybridized carbons (Fsp3) is 0.622. The number of hydrogen-bond acceptors (Lipinski definition) is 4. The van der Waals surface area contributed by atoms with E-state index in [0.29, 0.717) is 25.0 Å². The summed E-state index contributed by atoms with van der Waals surface area (Å²) in [4.78, 5) is 10.3. The van der Waals surface area contributed by atoms with Crippen molar-refractivity contribution in [1.29, 1.82) is 0 Å².